The van der Waals surface area contributed by atoms with Crippen molar-refractivity contribution in [2.24, 2.45) is 0 Å². The van der Waals surface area contributed by atoms with Crippen molar-refractivity contribution >= 4 is 23.5 Å². The molecule has 8 nitrogen and oxygen atoms in total. The molecular formula is C20H21ClN6O2. The number of anilines is 1. The van der Waals surface area contributed by atoms with Gasteiger partial charge in [-0.3, -0.25) is 15.6 Å². The second-order valence-electron chi connectivity index (χ2n) is 6.72. The smallest absolute Gasteiger partial charge is 0.290 e. The van der Waals surface area contributed by atoms with Gasteiger partial charge in [-0.2, -0.15) is 10.1 Å². The van der Waals surface area contributed by atoms with Crippen LogP contribution >= 0.6 is 11.6 Å². The van der Waals surface area contributed by atoms with Crippen molar-refractivity contribution in [3.05, 3.63) is 58.5 Å². The SMILES string of the molecule is COc1ccnc(NNC(=O)c2nn(-c3ccc(Cl)cc3)c3c2CCCCC3)n1. The fourth-order valence-electron chi connectivity index (χ4n) is 3.44. The summed E-state index contributed by atoms with van der Waals surface area (Å²) in [5.74, 6) is 0.306. The number of ether oxygens (including phenoxy) is 1. The van der Waals surface area contributed by atoms with Crippen molar-refractivity contribution in [3.8, 4) is 11.6 Å². The van der Waals surface area contributed by atoms with E-state index in [0.29, 0.717) is 16.6 Å². The molecule has 1 aromatic carbocycles. The van der Waals surface area contributed by atoms with E-state index in [1.807, 2.05) is 28.9 Å². The lowest BCUT2D eigenvalue weighted by Crippen LogP contribution is -2.31. The summed E-state index contributed by atoms with van der Waals surface area (Å²) >= 11 is 6.02. The number of aromatic nitrogens is 4. The number of hydrazine groups is 1. The first-order valence-electron chi connectivity index (χ1n) is 9.46. The number of benzene rings is 1. The molecule has 0 atom stereocenters. The summed E-state index contributed by atoms with van der Waals surface area (Å²) in [6.07, 6.45) is 6.48. The second-order valence-corrected chi connectivity index (χ2v) is 7.16. The van der Waals surface area contributed by atoms with Crippen LogP contribution < -0.4 is 15.6 Å². The van der Waals surface area contributed by atoms with Crippen molar-refractivity contribution in [1.29, 1.82) is 0 Å². The third-order valence-corrected chi connectivity index (χ3v) is 5.10. The van der Waals surface area contributed by atoms with Crippen LogP contribution in [0.5, 0.6) is 5.88 Å². The van der Waals surface area contributed by atoms with Gasteiger partial charge in [0.25, 0.3) is 5.91 Å². The van der Waals surface area contributed by atoms with Gasteiger partial charge in [0.05, 0.1) is 12.8 Å². The van der Waals surface area contributed by atoms with Crippen LogP contribution in [-0.4, -0.2) is 32.8 Å². The van der Waals surface area contributed by atoms with Crippen LogP contribution in [0, 0.1) is 0 Å². The molecule has 0 spiro atoms. The van der Waals surface area contributed by atoms with Gasteiger partial charge < -0.3 is 4.74 Å². The maximum Gasteiger partial charge on any atom is 0.290 e. The van der Waals surface area contributed by atoms with Gasteiger partial charge in [0.15, 0.2) is 5.69 Å². The average molecular weight is 413 g/mol. The van der Waals surface area contributed by atoms with Gasteiger partial charge in [-0.15, -0.1) is 0 Å². The van der Waals surface area contributed by atoms with Gasteiger partial charge in [-0.05, 0) is 49.9 Å². The Morgan fingerprint density at radius 1 is 1.14 bits per heavy atom. The Hall–Kier alpha value is -3.13. The van der Waals surface area contributed by atoms with Crippen LogP contribution in [0.3, 0.4) is 0 Å². The molecule has 3 aromatic rings. The minimum absolute atomic E-state index is 0.237. The standard InChI is InChI=1S/C20H21ClN6O2/c1-29-17-11-12-22-20(23-17)25-24-19(28)18-15-5-3-2-4-6-16(15)27(26-18)14-9-7-13(21)8-10-14/h7-12H,2-6H2,1H3,(H,24,28)(H,22,23,25). The number of carbonyl (C=O) groups is 1. The summed E-state index contributed by atoms with van der Waals surface area (Å²) in [6.45, 7) is 0. The van der Waals surface area contributed by atoms with Gasteiger partial charge in [0, 0.05) is 28.5 Å². The Balaban J connectivity index is 1.62. The van der Waals surface area contributed by atoms with Gasteiger partial charge in [-0.25, -0.2) is 9.67 Å². The topological polar surface area (TPSA) is 94.0 Å². The third kappa shape index (κ3) is 4.17. The fourth-order valence-corrected chi connectivity index (χ4v) is 3.57. The predicted octanol–water partition coefficient (Wildman–Crippen LogP) is 3.35. The van der Waals surface area contributed by atoms with E-state index in [1.165, 1.54) is 7.11 Å². The minimum atomic E-state index is -0.331. The predicted molar refractivity (Wildman–Crippen MR) is 110 cm³/mol. The monoisotopic (exact) mass is 412 g/mol. The molecule has 0 radical (unpaired) electrons. The molecular weight excluding hydrogens is 392 g/mol. The second kappa shape index (κ2) is 8.48. The van der Waals surface area contributed by atoms with E-state index in [-0.39, 0.29) is 11.9 Å². The molecule has 1 aliphatic carbocycles. The molecule has 2 N–H and O–H groups in total. The van der Waals surface area contributed by atoms with Crippen LogP contribution in [0.1, 0.15) is 41.0 Å². The van der Waals surface area contributed by atoms with Crippen LogP contribution in [0.2, 0.25) is 5.02 Å². The van der Waals surface area contributed by atoms with E-state index in [0.717, 1.165) is 49.0 Å². The van der Waals surface area contributed by atoms with Crippen molar-refractivity contribution in [3.63, 3.8) is 0 Å². The Kier molecular flexibility index (Phi) is 5.62. The lowest BCUT2D eigenvalue weighted by atomic mass is 10.1. The zero-order valence-corrected chi connectivity index (χ0v) is 16.7. The van der Waals surface area contributed by atoms with E-state index < -0.39 is 0 Å². The number of fused-ring (bicyclic) bond motifs is 1. The van der Waals surface area contributed by atoms with Gasteiger partial charge in [0.2, 0.25) is 11.8 Å². The highest BCUT2D eigenvalue weighted by Gasteiger charge is 2.25. The molecule has 150 valence electrons. The van der Waals surface area contributed by atoms with Crippen molar-refractivity contribution < 1.29 is 9.53 Å². The van der Waals surface area contributed by atoms with E-state index in [4.69, 9.17) is 16.3 Å². The van der Waals surface area contributed by atoms with Crippen LogP contribution in [-0.2, 0) is 12.8 Å². The summed E-state index contributed by atoms with van der Waals surface area (Å²) in [7, 11) is 1.52. The molecule has 2 aromatic heterocycles. The van der Waals surface area contributed by atoms with E-state index in [2.05, 4.69) is 25.9 Å². The number of halogens is 1. The Morgan fingerprint density at radius 2 is 1.93 bits per heavy atom. The number of carbonyl (C=O) groups excluding carboxylic acids is 1. The van der Waals surface area contributed by atoms with Crippen molar-refractivity contribution in [2.75, 3.05) is 12.5 Å². The van der Waals surface area contributed by atoms with Crippen molar-refractivity contribution in [2.45, 2.75) is 32.1 Å². The van der Waals surface area contributed by atoms with Crippen LogP contribution in [0.25, 0.3) is 5.69 Å². The highest BCUT2D eigenvalue weighted by Crippen LogP contribution is 2.27. The van der Waals surface area contributed by atoms with E-state index in [9.17, 15) is 4.79 Å². The highest BCUT2D eigenvalue weighted by molar-refractivity contribution is 6.30. The number of hydrogen-bond donors (Lipinski definition) is 2. The quantitative estimate of drug-likeness (QED) is 0.493. The summed E-state index contributed by atoms with van der Waals surface area (Å²) in [4.78, 5) is 21.1. The molecule has 4 rings (SSSR count). The number of nitrogens with zero attached hydrogens (tertiary/aromatic N) is 4. The lowest BCUT2D eigenvalue weighted by molar-refractivity contribution is 0.0956. The summed E-state index contributed by atoms with van der Waals surface area (Å²) in [6, 6.07) is 9.09. The molecule has 0 unspecified atom stereocenters. The van der Waals surface area contributed by atoms with Crippen molar-refractivity contribution in [1.82, 2.24) is 25.2 Å². The first-order chi connectivity index (χ1) is 14.2. The molecule has 0 saturated carbocycles. The maximum atomic E-state index is 12.9. The molecule has 0 fully saturated rings. The number of rotatable bonds is 5. The summed E-state index contributed by atoms with van der Waals surface area (Å²) in [5.41, 5.74) is 8.73. The van der Waals surface area contributed by atoms with Gasteiger partial charge in [0.1, 0.15) is 0 Å². The molecule has 29 heavy (non-hydrogen) atoms. The Bertz CT molecular complexity index is 1020. The van der Waals surface area contributed by atoms with Crippen LogP contribution in [0.4, 0.5) is 5.95 Å². The number of nitrogens with one attached hydrogen (secondary N) is 2. The molecule has 9 heteroatoms. The Morgan fingerprint density at radius 3 is 2.72 bits per heavy atom. The summed E-state index contributed by atoms with van der Waals surface area (Å²) in [5, 5.41) is 5.30. The van der Waals surface area contributed by atoms with E-state index >= 15 is 0 Å². The highest BCUT2D eigenvalue weighted by atomic mass is 35.5. The normalized spacial score (nSPS) is 13.3. The first-order valence-corrected chi connectivity index (χ1v) is 9.83. The van der Waals surface area contributed by atoms with Gasteiger partial charge in [-0.1, -0.05) is 18.0 Å². The minimum Gasteiger partial charge on any atom is -0.481 e. The lowest BCUT2D eigenvalue weighted by Gasteiger charge is -2.07. The summed E-state index contributed by atoms with van der Waals surface area (Å²) < 4.78 is 6.92. The molecule has 0 aliphatic heterocycles. The largest absolute Gasteiger partial charge is 0.481 e. The Labute approximate surface area is 173 Å². The maximum absolute atomic E-state index is 12.9. The van der Waals surface area contributed by atoms with Crippen LogP contribution in [0.15, 0.2) is 36.5 Å². The first kappa shape index (κ1) is 19.2. The number of hydrogen-bond acceptors (Lipinski definition) is 6. The molecule has 2 heterocycles. The third-order valence-electron chi connectivity index (χ3n) is 4.84. The van der Waals surface area contributed by atoms with E-state index in [1.54, 1.807) is 12.3 Å². The number of methoxy groups -OCH3 is 1. The molecule has 1 aliphatic rings. The zero-order chi connectivity index (χ0) is 20.2. The zero-order valence-electron chi connectivity index (χ0n) is 16.0. The molecule has 0 bridgehead atoms. The average Bonchev–Trinajstić information content (AvgIpc) is 2.93. The van der Waals surface area contributed by atoms with Gasteiger partial charge >= 0.3 is 0 Å². The number of amides is 1. The fraction of sp³-hybridized carbons (Fsp3) is 0.300. The molecule has 0 saturated heterocycles. The molecule has 1 amide bonds.